The Labute approximate surface area is 123 Å². The van der Waals surface area contributed by atoms with Gasteiger partial charge in [0, 0.05) is 10.2 Å². The third-order valence-electron chi connectivity index (χ3n) is 3.17. The molecule has 0 heterocycles. The lowest BCUT2D eigenvalue weighted by Crippen LogP contribution is -2.06. The van der Waals surface area contributed by atoms with E-state index in [4.69, 9.17) is 0 Å². The van der Waals surface area contributed by atoms with E-state index in [9.17, 15) is 0 Å². The van der Waals surface area contributed by atoms with E-state index >= 15 is 0 Å². The number of hydrogen-bond acceptors (Lipinski definition) is 1. The number of benzene rings is 1. The molecule has 0 aliphatic carbocycles. The zero-order chi connectivity index (χ0) is 14.6. The summed E-state index contributed by atoms with van der Waals surface area (Å²) in [5.41, 5.74) is 4.29. The molecule has 0 atom stereocenters. The number of thioether (sulfide) groups is 1. The first-order valence-electron chi connectivity index (χ1n) is 7.30. The summed E-state index contributed by atoms with van der Waals surface area (Å²) in [6.45, 7) is 15.9. The fraction of sp³-hybridized carbons (Fsp3) is 0.556. The van der Waals surface area contributed by atoms with Gasteiger partial charge in [-0.2, -0.15) is 0 Å². The van der Waals surface area contributed by atoms with Gasteiger partial charge in [0.2, 0.25) is 0 Å². The lowest BCUT2D eigenvalue weighted by molar-refractivity contribution is 0.631. The highest BCUT2D eigenvalue weighted by Crippen LogP contribution is 2.39. The van der Waals surface area contributed by atoms with Crippen LogP contribution in [0.3, 0.4) is 0 Å². The molecule has 0 amide bonds. The Morgan fingerprint density at radius 2 is 1.32 bits per heavy atom. The molecule has 1 rings (SSSR count). The highest BCUT2D eigenvalue weighted by molar-refractivity contribution is 8.08. The second-order valence-corrected chi connectivity index (χ2v) is 7.71. The normalized spacial score (nSPS) is 11.5. The van der Waals surface area contributed by atoms with E-state index in [0.717, 1.165) is 0 Å². The summed E-state index contributed by atoms with van der Waals surface area (Å²) in [5, 5.41) is 0.615. The topological polar surface area (TPSA) is 0 Å². The van der Waals surface area contributed by atoms with Crippen LogP contribution in [0.15, 0.2) is 29.8 Å². The third-order valence-corrected chi connectivity index (χ3v) is 4.35. The minimum absolute atomic E-state index is 0.600. The number of hydrogen-bond donors (Lipinski definition) is 0. The van der Waals surface area contributed by atoms with Crippen LogP contribution in [0.5, 0.6) is 0 Å². The van der Waals surface area contributed by atoms with Crippen LogP contribution in [0.4, 0.5) is 0 Å². The largest absolute Gasteiger partial charge is 0.123 e. The molecule has 0 aliphatic heterocycles. The molecule has 1 aromatic rings. The summed E-state index contributed by atoms with van der Waals surface area (Å²) in [6.07, 6.45) is 0. The maximum atomic E-state index is 2.31. The van der Waals surface area contributed by atoms with Crippen molar-refractivity contribution in [2.75, 3.05) is 0 Å². The van der Waals surface area contributed by atoms with Gasteiger partial charge in [-0.3, -0.25) is 0 Å². The van der Waals surface area contributed by atoms with Gasteiger partial charge in [0.05, 0.1) is 0 Å². The predicted molar refractivity (Wildman–Crippen MR) is 90.5 cm³/mol. The Morgan fingerprint density at radius 1 is 0.842 bits per heavy atom. The highest BCUT2D eigenvalue weighted by Gasteiger charge is 2.17. The smallest absolute Gasteiger partial charge is 0.0144 e. The van der Waals surface area contributed by atoms with Gasteiger partial charge in [-0.15, -0.1) is 11.8 Å². The number of rotatable bonds is 5. The lowest BCUT2D eigenvalue weighted by atomic mass is 9.90. The maximum Gasteiger partial charge on any atom is 0.0144 e. The molecule has 1 aromatic carbocycles. The Hall–Kier alpha value is -0.690. The summed E-state index contributed by atoms with van der Waals surface area (Å²) in [7, 11) is 0. The van der Waals surface area contributed by atoms with Gasteiger partial charge in [-0.25, -0.2) is 0 Å². The van der Waals surface area contributed by atoms with Gasteiger partial charge in [0.15, 0.2) is 0 Å². The first-order valence-corrected chi connectivity index (χ1v) is 8.18. The van der Waals surface area contributed by atoms with E-state index in [1.807, 2.05) is 11.8 Å². The molecule has 0 spiro atoms. The molecule has 106 valence electrons. The molecule has 0 fully saturated rings. The van der Waals surface area contributed by atoms with E-state index in [2.05, 4.69) is 72.7 Å². The molecule has 0 saturated heterocycles. The molecule has 0 unspecified atom stereocenters. The molecule has 0 saturated carbocycles. The van der Waals surface area contributed by atoms with Crippen molar-refractivity contribution in [1.82, 2.24) is 0 Å². The van der Waals surface area contributed by atoms with Gasteiger partial charge in [-0.05, 0) is 24.3 Å². The number of aryl methyl sites for hydroxylation is 1. The lowest BCUT2D eigenvalue weighted by Gasteiger charge is -2.23. The first-order chi connectivity index (χ1) is 8.82. The van der Waals surface area contributed by atoms with Crippen molar-refractivity contribution in [3.63, 3.8) is 0 Å². The summed E-state index contributed by atoms with van der Waals surface area (Å²) < 4.78 is 0. The Bertz CT molecular complexity index is 412. The minimum Gasteiger partial charge on any atom is -0.123 e. The minimum atomic E-state index is 0.600. The van der Waals surface area contributed by atoms with Crippen LogP contribution in [-0.4, -0.2) is 5.25 Å². The SMILES string of the molecule is Cc1ccc(C(SC(C)C)=C(C(C)C)C(C)C)cc1. The molecule has 19 heavy (non-hydrogen) atoms. The average molecular weight is 276 g/mol. The molecule has 0 nitrogen and oxygen atoms in total. The van der Waals surface area contributed by atoms with Crippen molar-refractivity contribution < 1.29 is 0 Å². The summed E-state index contributed by atoms with van der Waals surface area (Å²) in [6, 6.07) is 8.97. The van der Waals surface area contributed by atoms with Crippen molar-refractivity contribution in [1.29, 1.82) is 0 Å². The second-order valence-electron chi connectivity index (χ2n) is 6.13. The van der Waals surface area contributed by atoms with Crippen molar-refractivity contribution in [3.8, 4) is 0 Å². The molecule has 0 bridgehead atoms. The van der Waals surface area contributed by atoms with Crippen molar-refractivity contribution in [3.05, 3.63) is 41.0 Å². The molecule has 0 aromatic heterocycles. The standard InChI is InChI=1S/C18H28S/c1-12(2)17(13(3)4)18(19-14(5)6)16-10-8-15(7)9-11-16/h8-14H,1-7H3. The fourth-order valence-corrected chi connectivity index (χ4v) is 3.79. The quantitative estimate of drug-likeness (QED) is 0.620. The first kappa shape index (κ1) is 16.4. The van der Waals surface area contributed by atoms with Gasteiger partial charge in [0.25, 0.3) is 0 Å². The van der Waals surface area contributed by atoms with Gasteiger partial charge < -0.3 is 0 Å². The summed E-state index contributed by atoms with van der Waals surface area (Å²) >= 11 is 2.00. The molecule has 0 N–H and O–H groups in total. The Balaban J connectivity index is 3.34. The third kappa shape index (κ3) is 4.72. The Kier molecular flexibility index (Phi) is 6.19. The molecular weight excluding hydrogens is 248 g/mol. The molecule has 0 radical (unpaired) electrons. The van der Waals surface area contributed by atoms with Crippen molar-refractivity contribution >= 4 is 16.7 Å². The zero-order valence-electron chi connectivity index (χ0n) is 13.4. The van der Waals surface area contributed by atoms with Crippen molar-refractivity contribution in [2.45, 2.75) is 53.7 Å². The van der Waals surface area contributed by atoms with Crippen LogP contribution >= 0.6 is 11.8 Å². The van der Waals surface area contributed by atoms with Gasteiger partial charge in [-0.1, -0.05) is 76.9 Å². The zero-order valence-corrected chi connectivity index (χ0v) is 14.3. The Morgan fingerprint density at radius 3 is 1.68 bits per heavy atom. The van der Waals surface area contributed by atoms with E-state index < -0.39 is 0 Å². The average Bonchev–Trinajstić information content (AvgIpc) is 2.27. The molecule has 0 aliphatic rings. The predicted octanol–water partition coefficient (Wildman–Crippen LogP) is 6.16. The number of allylic oxidation sites excluding steroid dienone is 1. The fourth-order valence-electron chi connectivity index (χ4n) is 2.43. The summed E-state index contributed by atoms with van der Waals surface area (Å²) in [4.78, 5) is 1.49. The van der Waals surface area contributed by atoms with Crippen LogP contribution in [0, 0.1) is 18.8 Å². The van der Waals surface area contributed by atoms with E-state index in [1.54, 1.807) is 5.57 Å². The van der Waals surface area contributed by atoms with Crippen LogP contribution in [-0.2, 0) is 0 Å². The van der Waals surface area contributed by atoms with Crippen LogP contribution < -0.4 is 0 Å². The second kappa shape index (κ2) is 7.19. The van der Waals surface area contributed by atoms with Gasteiger partial charge in [0.1, 0.15) is 0 Å². The molecule has 1 heteroatoms. The van der Waals surface area contributed by atoms with E-state index in [0.29, 0.717) is 17.1 Å². The van der Waals surface area contributed by atoms with Crippen molar-refractivity contribution in [2.24, 2.45) is 11.8 Å². The van der Waals surface area contributed by atoms with E-state index in [-0.39, 0.29) is 0 Å². The molecular formula is C18H28S. The van der Waals surface area contributed by atoms with Crippen LogP contribution in [0.25, 0.3) is 4.91 Å². The highest BCUT2D eigenvalue weighted by atomic mass is 32.2. The van der Waals surface area contributed by atoms with E-state index in [1.165, 1.54) is 16.0 Å². The van der Waals surface area contributed by atoms with Crippen LogP contribution in [0.1, 0.15) is 52.7 Å². The van der Waals surface area contributed by atoms with Crippen LogP contribution in [0.2, 0.25) is 0 Å². The summed E-state index contributed by atoms with van der Waals surface area (Å²) in [5.74, 6) is 1.20. The van der Waals surface area contributed by atoms with Gasteiger partial charge >= 0.3 is 0 Å². The maximum absolute atomic E-state index is 2.31. The monoisotopic (exact) mass is 276 g/mol.